The standard InChI is InChI=1S/C13H6BrFN2O2S/c14-7-2-1-3-16-13(7)20-10-5-9-6(4-8(10)15)11(18)12(19)17-9/h1-5H,(H,17,18,19). The molecule has 100 valence electrons. The van der Waals surface area contributed by atoms with E-state index in [0.717, 1.165) is 22.3 Å². The molecule has 1 aliphatic rings. The van der Waals surface area contributed by atoms with Crippen molar-refractivity contribution in [3.05, 3.63) is 46.3 Å². The van der Waals surface area contributed by atoms with Gasteiger partial charge in [0, 0.05) is 6.20 Å². The lowest BCUT2D eigenvalue weighted by molar-refractivity contribution is -0.112. The number of nitrogens with zero attached hydrogens (tertiary/aromatic N) is 1. The van der Waals surface area contributed by atoms with E-state index in [0.29, 0.717) is 10.7 Å². The molecule has 1 amide bonds. The van der Waals surface area contributed by atoms with E-state index in [1.165, 1.54) is 6.07 Å². The smallest absolute Gasteiger partial charge is 0.296 e. The molecule has 0 atom stereocenters. The van der Waals surface area contributed by atoms with Crippen LogP contribution in [0.4, 0.5) is 10.1 Å². The number of carbonyl (C=O) groups is 2. The second-order valence-electron chi connectivity index (χ2n) is 4.00. The molecule has 2 aromatic rings. The van der Waals surface area contributed by atoms with Gasteiger partial charge in [0.1, 0.15) is 10.8 Å². The molecule has 0 unspecified atom stereocenters. The zero-order valence-corrected chi connectivity index (χ0v) is 12.2. The van der Waals surface area contributed by atoms with Crippen molar-refractivity contribution in [2.45, 2.75) is 9.92 Å². The Balaban J connectivity index is 2.01. The first kappa shape index (κ1) is 13.3. The summed E-state index contributed by atoms with van der Waals surface area (Å²) in [6.07, 6.45) is 1.60. The fourth-order valence-corrected chi connectivity index (χ4v) is 3.09. The third kappa shape index (κ3) is 2.23. The summed E-state index contributed by atoms with van der Waals surface area (Å²) in [6.45, 7) is 0. The molecular formula is C13H6BrFN2O2S. The minimum Gasteiger partial charge on any atom is -0.318 e. The minimum absolute atomic E-state index is 0.0666. The van der Waals surface area contributed by atoms with Crippen molar-refractivity contribution in [2.24, 2.45) is 0 Å². The molecule has 0 bridgehead atoms. The Labute approximate surface area is 125 Å². The summed E-state index contributed by atoms with van der Waals surface area (Å²) in [5.74, 6) is -2.01. The van der Waals surface area contributed by atoms with E-state index in [1.807, 2.05) is 0 Å². The molecule has 3 rings (SSSR count). The van der Waals surface area contributed by atoms with Crippen LogP contribution < -0.4 is 5.32 Å². The monoisotopic (exact) mass is 352 g/mol. The van der Waals surface area contributed by atoms with Crippen molar-refractivity contribution in [3.63, 3.8) is 0 Å². The number of hydrogen-bond acceptors (Lipinski definition) is 4. The number of Topliss-reactive ketones (excluding diaryl/α,β-unsaturated/α-hetero) is 1. The van der Waals surface area contributed by atoms with Crippen LogP contribution in [-0.2, 0) is 4.79 Å². The Morgan fingerprint density at radius 3 is 2.85 bits per heavy atom. The van der Waals surface area contributed by atoms with Gasteiger partial charge in [0.25, 0.3) is 11.7 Å². The van der Waals surface area contributed by atoms with Gasteiger partial charge < -0.3 is 5.32 Å². The van der Waals surface area contributed by atoms with Gasteiger partial charge in [-0.15, -0.1) is 0 Å². The number of halogens is 2. The third-order valence-electron chi connectivity index (χ3n) is 2.70. The molecule has 2 heterocycles. The molecule has 0 aliphatic carbocycles. The zero-order valence-electron chi connectivity index (χ0n) is 9.81. The van der Waals surface area contributed by atoms with Crippen LogP contribution >= 0.6 is 27.7 Å². The van der Waals surface area contributed by atoms with Crippen LogP contribution in [0, 0.1) is 5.82 Å². The first-order valence-electron chi connectivity index (χ1n) is 5.54. The van der Waals surface area contributed by atoms with Crippen LogP contribution in [0.2, 0.25) is 0 Å². The van der Waals surface area contributed by atoms with Gasteiger partial charge in [0.2, 0.25) is 0 Å². The number of anilines is 1. The van der Waals surface area contributed by atoms with Gasteiger partial charge in [-0.2, -0.15) is 0 Å². The molecule has 1 N–H and O–H groups in total. The maximum absolute atomic E-state index is 14.0. The number of nitrogens with one attached hydrogen (secondary N) is 1. The highest BCUT2D eigenvalue weighted by atomic mass is 79.9. The lowest BCUT2D eigenvalue weighted by Gasteiger charge is -2.06. The number of aromatic nitrogens is 1. The lowest BCUT2D eigenvalue weighted by Crippen LogP contribution is -2.12. The van der Waals surface area contributed by atoms with Crippen molar-refractivity contribution >= 4 is 45.1 Å². The molecule has 20 heavy (non-hydrogen) atoms. The fraction of sp³-hybridized carbons (Fsp3) is 0. The number of benzene rings is 1. The van der Waals surface area contributed by atoms with Gasteiger partial charge in [-0.25, -0.2) is 9.37 Å². The maximum Gasteiger partial charge on any atom is 0.296 e. The number of hydrogen-bond donors (Lipinski definition) is 1. The summed E-state index contributed by atoms with van der Waals surface area (Å²) in [4.78, 5) is 27.1. The van der Waals surface area contributed by atoms with Crippen LogP contribution in [0.15, 0.2) is 44.9 Å². The predicted octanol–water partition coefficient (Wildman–Crippen LogP) is 3.27. The van der Waals surface area contributed by atoms with E-state index < -0.39 is 17.5 Å². The van der Waals surface area contributed by atoms with Crippen molar-refractivity contribution in [1.29, 1.82) is 0 Å². The molecule has 0 saturated heterocycles. The maximum atomic E-state index is 14.0. The average molecular weight is 353 g/mol. The minimum atomic E-state index is -0.736. The first-order chi connectivity index (χ1) is 9.56. The molecule has 0 fully saturated rings. The Morgan fingerprint density at radius 2 is 2.10 bits per heavy atom. The van der Waals surface area contributed by atoms with E-state index in [-0.39, 0.29) is 10.5 Å². The second-order valence-corrected chi connectivity index (χ2v) is 5.89. The van der Waals surface area contributed by atoms with Crippen LogP contribution in [0.1, 0.15) is 10.4 Å². The zero-order chi connectivity index (χ0) is 14.3. The quantitative estimate of drug-likeness (QED) is 0.842. The molecule has 0 radical (unpaired) electrons. The second kappa shape index (κ2) is 4.99. The molecule has 0 saturated carbocycles. The van der Waals surface area contributed by atoms with Gasteiger partial charge in [0.15, 0.2) is 0 Å². The average Bonchev–Trinajstić information content (AvgIpc) is 2.69. The van der Waals surface area contributed by atoms with Gasteiger partial charge >= 0.3 is 0 Å². The van der Waals surface area contributed by atoms with E-state index in [4.69, 9.17) is 0 Å². The number of pyridine rings is 1. The van der Waals surface area contributed by atoms with Crippen molar-refractivity contribution in [3.8, 4) is 0 Å². The van der Waals surface area contributed by atoms with Gasteiger partial charge in [-0.05, 0) is 40.2 Å². The summed E-state index contributed by atoms with van der Waals surface area (Å²) in [5, 5.41) is 3.01. The van der Waals surface area contributed by atoms with Crippen LogP contribution in [0.5, 0.6) is 0 Å². The summed E-state index contributed by atoms with van der Waals surface area (Å²) in [5.41, 5.74) is 0.396. The van der Waals surface area contributed by atoms with E-state index in [2.05, 4.69) is 26.2 Å². The molecular weight excluding hydrogens is 347 g/mol. The molecule has 1 aromatic heterocycles. The Hall–Kier alpha value is -1.73. The Morgan fingerprint density at radius 1 is 1.30 bits per heavy atom. The van der Waals surface area contributed by atoms with Gasteiger partial charge in [0.05, 0.1) is 20.6 Å². The summed E-state index contributed by atoms with van der Waals surface area (Å²) in [6, 6.07) is 6.08. The third-order valence-corrected chi connectivity index (χ3v) is 4.66. The summed E-state index contributed by atoms with van der Waals surface area (Å²) < 4.78 is 14.7. The van der Waals surface area contributed by atoms with Crippen LogP contribution in [0.25, 0.3) is 0 Å². The van der Waals surface area contributed by atoms with Crippen LogP contribution in [-0.4, -0.2) is 16.7 Å². The topological polar surface area (TPSA) is 59.1 Å². The summed E-state index contributed by atoms with van der Waals surface area (Å²) >= 11 is 4.44. The van der Waals surface area contributed by atoms with Crippen molar-refractivity contribution in [2.75, 3.05) is 5.32 Å². The summed E-state index contributed by atoms with van der Waals surface area (Å²) in [7, 11) is 0. The molecule has 1 aliphatic heterocycles. The highest BCUT2D eigenvalue weighted by Gasteiger charge is 2.29. The van der Waals surface area contributed by atoms with E-state index >= 15 is 0 Å². The molecule has 4 nitrogen and oxygen atoms in total. The Kier molecular flexibility index (Phi) is 3.31. The first-order valence-corrected chi connectivity index (χ1v) is 7.15. The number of carbonyl (C=O) groups excluding carboxylic acids is 2. The number of rotatable bonds is 2. The predicted molar refractivity (Wildman–Crippen MR) is 75.4 cm³/mol. The molecule has 1 aromatic carbocycles. The molecule has 0 spiro atoms. The van der Waals surface area contributed by atoms with E-state index in [9.17, 15) is 14.0 Å². The largest absolute Gasteiger partial charge is 0.318 e. The fourth-order valence-electron chi connectivity index (χ4n) is 1.77. The number of amides is 1. The van der Waals surface area contributed by atoms with Crippen molar-refractivity contribution in [1.82, 2.24) is 4.98 Å². The highest BCUT2D eigenvalue weighted by Crippen LogP contribution is 2.37. The van der Waals surface area contributed by atoms with Crippen molar-refractivity contribution < 1.29 is 14.0 Å². The normalized spacial score (nSPS) is 13.3. The highest BCUT2D eigenvalue weighted by molar-refractivity contribution is 9.10. The number of fused-ring (bicyclic) bond motifs is 1. The van der Waals surface area contributed by atoms with Gasteiger partial charge in [-0.3, -0.25) is 9.59 Å². The van der Waals surface area contributed by atoms with Crippen LogP contribution in [0.3, 0.4) is 0 Å². The SMILES string of the molecule is O=C1Nc2cc(Sc3ncccc3Br)c(F)cc2C1=O. The number of ketones is 1. The lowest BCUT2D eigenvalue weighted by atomic mass is 10.1. The van der Waals surface area contributed by atoms with E-state index in [1.54, 1.807) is 18.3 Å². The molecule has 7 heteroatoms. The Bertz CT molecular complexity index is 751. The van der Waals surface area contributed by atoms with Gasteiger partial charge in [-0.1, -0.05) is 11.8 Å².